The lowest BCUT2D eigenvalue weighted by Crippen LogP contribution is -2.02. The molecule has 3 rings (SSSR count). The minimum absolute atomic E-state index is 0.0695. The van der Waals surface area contributed by atoms with Crippen molar-refractivity contribution in [1.82, 2.24) is 10.2 Å². The van der Waals surface area contributed by atoms with Crippen LogP contribution in [0.3, 0.4) is 0 Å². The van der Waals surface area contributed by atoms with Crippen LogP contribution >= 0.6 is 27.5 Å². The molecule has 7 heteroatoms. The van der Waals surface area contributed by atoms with Crippen LogP contribution in [0.5, 0.6) is 5.75 Å². The molecule has 0 bridgehead atoms. The molecule has 0 radical (unpaired) electrons. The number of H-pyrrole nitrogens is 1. The van der Waals surface area contributed by atoms with E-state index in [0.29, 0.717) is 15.9 Å². The van der Waals surface area contributed by atoms with E-state index in [4.69, 9.17) is 16.3 Å². The summed E-state index contributed by atoms with van der Waals surface area (Å²) < 4.78 is 20.5. The van der Waals surface area contributed by atoms with Gasteiger partial charge in [0.2, 0.25) is 0 Å². The lowest BCUT2D eigenvalue weighted by atomic mass is 10.0. The van der Waals surface area contributed by atoms with E-state index in [1.807, 2.05) is 6.07 Å². The standard InChI is InChI=1S/C13H8BrClFN3O/c14-8-5-18-19-13(8)11-7(4-17)10(20-6-1-2-6)3-9(15)12(11)16/h3,5-6H,1-2H2,(H,18,19). The number of nitrogens with one attached hydrogen (secondary N) is 1. The van der Waals surface area contributed by atoms with E-state index in [9.17, 15) is 9.65 Å². The maximum atomic E-state index is 14.3. The number of nitrogens with zero attached hydrogens (tertiary/aromatic N) is 2. The highest BCUT2D eigenvalue weighted by Gasteiger charge is 2.28. The van der Waals surface area contributed by atoms with Crippen molar-refractivity contribution >= 4 is 27.5 Å². The molecule has 1 aliphatic rings. The zero-order valence-corrected chi connectivity index (χ0v) is 12.4. The maximum absolute atomic E-state index is 14.3. The molecule has 0 amide bonds. The Balaban J connectivity index is 2.23. The van der Waals surface area contributed by atoms with E-state index in [1.165, 1.54) is 12.3 Å². The van der Waals surface area contributed by atoms with Gasteiger partial charge in [-0.25, -0.2) is 4.39 Å². The minimum atomic E-state index is -0.670. The molecule has 4 nitrogen and oxygen atoms in total. The topological polar surface area (TPSA) is 61.7 Å². The Bertz CT molecular complexity index is 721. The minimum Gasteiger partial charge on any atom is -0.489 e. The third-order valence-electron chi connectivity index (χ3n) is 2.96. The van der Waals surface area contributed by atoms with Gasteiger partial charge in [-0.05, 0) is 28.8 Å². The van der Waals surface area contributed by atoms with Gasteiger partial charge in [0.05, 0.1) is 33.1 Å². The molecule has 0 saturated heterocycles. The molecule has 0 unspecified atom stereocenters. The highest BCUT2D eigenvalue weighted by Crippen LogP contribution is 2.40. The number of hydrogen-bond donors (Lipinski definition) is 1. The second kappa shape index (κ2) is 5.08. The number of hydrogen-bond acceptors (Lipinski definition) is 3. The Kier molecular flexibility index (Phi) is 3.40. The fourth-order valence-corrected chi connectivity index (χ4v) is 2.44. The molecule has 20 heavy (non-hydrogen) atoms. The van der Waals surface area contributed by atoms with E-state index in [-0.39, 0.29) is 22.3 Å². The predicted molar refractivity (Wildman–Crippen MR) is 75.1 cm³/mol. The largest absolute Gasteiger partial charge is 0.489 e. The van der Waals surface area contributed by atoms with Gasteiger partial charge >= 0.3 is 0 Å². The highest BCUT2D eigenvalue weighted by molar-refractivity contribution is 9.10. The number of aromatic nitrogens is 2. The molecular formula is C13H8BrClFN3O. The fourth-order valence-electron chi connectivity index (χ4n) is 1.85. The summed E-state index contributed by atoms with van der Waals surface area (Å²) in [5, 5.41) is 15.7. The molecule has 2 aromatic rings. The molecule has 0 atom stereocenters. The van der Waals surface area contributed by atoms with Crippen LogP contribution < -0.4 is 4.74 Å². The van der Waals surface area contributed by atoms with E-state index in [2.05, 4.69) is 26.1 Å². The Morgan fingerprint density at radius 3 is 2.85 bits per heavy atom. The lowest BCUT2D eigenvalue weighted by molar-refractivity contribution is 0.302. The number of halogens is 3. The van der Waals surface area contributed by atoms with Crippen molar-refractivity contribution in [3.8, 4) is 23.1 Å². The van der Waals surface area contributed by atoms with Crippen LogP contribution in [0, 0.1) is 17.1 Å². The van der Waals surface area contributed by atoms with Gasteiger partial charge in [0.15, 0.2) is 5.82 Å². The molecule has 1 aliphatic carbocycles. The van der Waals surface area contributed by atoms with E-state index in [0.717, 1.165) is 12.8 Å². The Hall–Kier alpha value is -1.58. The van der Waals surface area contributed by atoms with Gasteiger partial charge < -0.3 is 4.74 Å². The average Bonchev–Trinajstić information content (AvgIpc) is 3.14. The van der Waals surface area contributed by atoms with E-state index >= 15 is 0 Å². The van der Waals surface area contributed by atoms with Gasteiger partial charge in [-0.15, -0.1) is 0 Å². The predicted octanol–water partition coefficient (Wildman–Crippen LogP) is 4.04. The van der Waals surface area contributed by atoms with Gasteiger partial charge in [0, 0.05) is 6.07 Å². The number of benzene rings is 1. The van der Waals surface area contributed by atoms with Crippen molar-refractivity contribution in [3.63, 3.8) is 0 Å². The van der Waals surface area contributed by atoms with Crippen LogP contribution in [0.15, 0.2) is 16.7 Å². The van der Waals surface area contributed by atoms with E-state index in [1.54, 1.807) is 0 Å². The molecule has 1 N–H and O–H groups in total. The molecule has 1 aromatic carbocycles. The first-order valence-electron chi connectivity index (χ1n) is 5.89. The quantitative estimate of drug-likeness (QED) is 0.902. The summed E-state index contributed by atoms with van der Waals surface area (Å²) in [5.74, 6) is -0.366. The summed E-state index contributed by atoms with van der Waals surface area (Å²) in [6.07, 6.45) is 3.44. The van der Waals surface area contributed by atoms with Gasteiger partial charge in [0.1, 0.15) is 17.4 Å². The third-order valence-corrected chi connectivity index (χ3v) is 3.83. The summed E-state index contributed by atoms with van der Waals surface area (Å²) >= 11 is 9.17. The van der Waals surface area contributed by atoms with Crippen molar-refractivity contribution in [2.75, 3.05) is 0 Å². The summed E-state index contributed by atoms with van der Waals surface area (Å²) in [6.45, 7) is 0. The van der Waals surface area contributed by atoms with Crippen LogP contribution in [0.25, 0.3) is 11.3 Å². The smallest absolute Gasteiger partial charge is 0.152 e. The van der Waals surface area contributed by atoms with Crippen molar-refractivity contribution in [3.05, 3.63) is 33.1 Å². The van der Waals surface area contributed by atoms with Crippen molar-refractivity contribution in [2.45, 2.75) is 18.9 Å². The zero-order chi connectivity index (χ0) is 14.3. The van der Waals surface area contributed by atoms with Crippen molar-refractivity contribution in [1.29, 1.82) is 5.26 Å². The molecule has 102 valence electrons. The van der Waals surface area contributed by atoms with Gasteiger partial charge in [-0.2, -0.15) is 10.4 Å². The van der Waals surface area contributed by atoms with E-state index < -0.39 is 5.82 Å². The second-order valence-electron chi connectivity index (χ2n) is 4.44. The number of aromatic amines is 1. The van der Waals surface area contributed by atoms with Crippen LogP contribution in [0.1, 0.15) is 18.4 Å². The summed E-state index contributed by atoms with van der Waals surface area (Å²) in [6, 6.07) is 3.34. The first-order chi connectivity index (χ1) is 9.61. The van der Waals surface area contributed by atoms with Gasteiger partial charge in [-0.1, -0.05) is 11.6 Å². The molecule has 1 aromatic heterocycles. The van der Waals surface area contributed by atoms with Gasteiger partial charge in [0.25, 0.3) is 0 Å². The average molecular weight is 357 g/mol. The van der Waals surface area contributed by atoms with Crippen molar-refractivity contribution < 1.29 is 9.13 Å². The highest BCUT2D eigenvalue weighted by atomic mass is 79.9. The molecule has 0 spiro atoms. The normalized spacial score (nSPS) is 14.1. The SMILES string of the molecule is N#Cc1c(OC2CC2)cc(Cl)c(F)c1-c1[nH]ncc1Br. The Labute approximate surface area is 127 Å². The number of nitriles is 1. The summed E-state index contributed by atoms with van der Waals surface area (Å²) in [7, 11) is 0. The van der Waals surface area contributed by atoms with Crippen LogP contribution in [0.4, 0.5) is 4.39 Å². The van der Waals surface area contributed by atoms with Crippen LogP contribution in [0.2, 0.25) is 5.02 Å². The number of ether oxygens (including phenoxy) is 1. The molecule has 1 heterocycles. The fraction of sp³-hybridized carbons (Fsp3) is 0.231. The Morgan fingerprint density at radius 1 is 1.55 bits per heavy atom. The zero-order valence-electron chi connectivity index (χ0n) is 10.1. The maximum Gasteiger partial charge on any atom is 0.152 e. The summed E-state index contributed by atoms with van der Waals surface area (Å²) in [5.41, 5.74) is 0.547. The first kappa shape index (κ1) is 13.4. The monoisotopic (exact) mass is 355 g/mol. The third kappa shape index (κ3) is 2.28. The molecule has 1 fully saturated rings. The lowest BCUT2D eigenvalue weighted by Gasteiger charge is -2.12. The molecule has 1 saturated carbocycles. The molecular weight excluding hydrogens is 349 g/mol. The molecule has 0 aliphatic heterocycles. The van der Waals surface area contributed by atoms with Crippen molar-refractivity contribution in [2.24, 2.45) is 0 Å². The summed E-state index contributed by atoms with van der Waals surface area (Å²) in [4.78, 5) is 0. The second-order valence-corrected chi connectivity index (χ2v) is 5.70. The van der Waals surface area contributed by atoms with Crippen LogP contribution in [-0.4, -0.2) is 16.3 Å². The van der Waals surface area contributed by atoms with Crippen LogP contribution in [-0.2, 0) is 0 Å². The Morgan fingerprint density at radius 2 is 2.30 bits per heavy atom. The van der Waals surface area contributed by atoms with Gasteiger partial charge in [-0.3, -0.25) is 5.10 Å². The number of rotatable bonds is 3. The first-order valence-corrected chi connectivity index (χ1v) is 7.07.